The molecular formula is C7H11NO3. The second-order valence-electron chi connectivity index (χ2n) is 2.24. The van der Waals surface area contributed by atoms with Crippen molar-refractivity contribution in [2.45, 2.75) is 6.42 Å². The van der Waals surface area contributed by atoms with Crippen molar-refractivity contribution in [1.29, 1.82) is 0 Å². The van der Waals surface area contributed by atoms with Gasteiger partial charge in [-0.1, -0.05) is 6.58 Å². The highest BCUT2D eigenvalue weighted by molar-refractivity contribution is 5.85. The lowest BCUT2D eigenvalue weighted by Crippen LogP contribution is -2.18. The maximum Gasteiger partial charge on any atom is 0.331 e. The first-order valence-electron chi connectivity index (χ1n) is 3.14. The van der Waals surface area contributed by atoms with Crippen molar-refractivity contribution < 1.29 is 14.7 Å². The summed E-state index contributed by atoms with van der Waals surface area (Å²) < 4.78 is 0. The lowest BCUT2D eigenvalue weighted by Gasteiger charge is -2.08. The van der Waals surface area contributed by atoms with Crippen molar-refractivity contribution in [3.05, 3.63) is 12.2 Å². The fraction of sp³-hybridized carbons (Fsp3) is 0.429. The predicted octanol–water partition coefficient (Wildman–Crippen LogP) is 0.106. The molecule has 0 unspecified atom stereocenters. The van der Waals surface area contributed by atoms with Gasteiger partial charge in [0.15, 0.2) is 0 Å². The van der Waals surface area contributed by atoms with Gasteiger partial charge in [0, 0.05) is 19.2 Å². The van der Waals surface area contributed by atoms with Crippen LogP contribution in [0, 0.1) is 0 Å². The molecule has 0 saturated carbocycles. The smallest absolute Gasteiger partial charge is 0.331 e. The van der Waals surface area contributed by atoms with E-state index in [1.54, 1.807) is 7.05 Å². The molecule has 11 heavy (non-hydrogen) atoms. The van der Waals surface area contributed by atoms with Crippen LogP contribution in [-0.4, -0.2) is 36.0 Å². The van der Waals surface area contributed by atoms with E-state index >= 15 is 0 Å². The molecular weight excluding hydrogens is 146 g/mol. The van der Waals surface area contributed by atoms with Crippen LogP contribution in [0.4, 0.5) is 0 Å². The number of carboxylic acid groups (broad SMARTS) is 1. The quantitative estimate of drug-likeness (QED) is 0.455. The highest BCUT2D eigenvalue weighted by Crippen LogP contribution is 1.97. The van der Waals surface area contributed by atoms with Crippen molar-refractivity contribution in [2.75, 3.05) is 13.6 Å². The molecule has 0 spiro atoms. The molecule has 0 aromatic carbocycles. The van der Waals surface area contributed by atoms with E-state index in [1.807, 2.05) is 0 Å². The number of carbonyl (C=O) groups is 2. The third-order valence-electron chi connectivity index (χ3n) is 1.25. The van der Waals surface area contributed by atoms with Crippen LogP contribution in [0.2, 0.25) is 0 Å². The molecule has 0 aliphatic rings. The topological polar surface area (TPSA) is 57.6 Å². The van der Waals surface area contributed by atoms with Crippen LogP contribution in [0.1, 0.15) is 6.42 Å². The summed E-state index contributed by atoms with van der Waals surface area (Å²) in [5, 5.41) is 8.36. The average Bonchev–Trinajstić information content (AvgIpc) is 1.99. The largest absolute Gasteiger partial charge is 0.478 e. The maximum absolute atomic E-state index is 10.2. The second-order valence-corrected chi connectivity index (χ2v) is 2.24. The number of hydrogen-bond donors (Lipinski definition) is 1. The van der Waals surface area contributed by atoms with E-state index < -0.39 is 5.97 Å². The molecule has 0 rings (SSSR count). The number of nitrogens with zero attached hydrogens (tertiary/aromatic N) is 1. The van der Waals surface area contributed by atoms with Crippen molar-refractivity contribution in [3.63, 3.8) is 0 Å². The van der Waals surface area contributed by atoms with E-state index in [2.05, 4.69) is 6.58 Å². The van der Waals surface area contributed by atoms with Gasteiger partial charge in [0.05, 0.1) is 0 Å². The highest BCUT2D eigenvalue weighted by Gasteiger charge is 2.03. The molecule has 0 aliphatic heterocycles. The summed E-state index contributed by atoms with van der Waals surface area (Å²) >= 11 is 0. The lowest BCUT2D eigenvalue weighted by atomic mass is 10.2. The number of amides is 1. The molecule has 0 aliphatic carbocycles. The van der Waals surface area contributed by atoms with Gasteiger partial charge in [-0.25, -0.2) is 4.79 Å². The van der Waals surface area contributed by atoms with E-state index in [1.165, 1.54) is 4.90 Å². The monoisotopic (exact) mass is 157 g/mol. The minimum Gasteiger partial charge on any atom is -0.478 e. The maximum atomic E-state index is 10.2. The van der Waals surface area contributed by atoms with Gasteiger partial charge in [-0.3, -0.25) is 4.79 Å². The molecule has 0 aromatic rings. The molecule has 4 heteroatoms. The second kappa shape index (κ2) is 4.49. The van der Waals surface area contributed by atoms with E-state index in [0.29, 0.717) is 19.4 Å². The van der Waals surface area contributed by atoms with Gasteiger partial charge in [-0.05, 0) is 6.42 Å². The molecule has 0 atom stereocenters. The zero-order chi connectivity index (χ0) is 8.85. The first-order chi connectivity index (χ1) is 5.07. The number of rotatable bonds is 5. The third-order valence-corrected chi connectivity index (χ3v) is 1.25. The third kappa shape index (κ3) is 4.13. The van der Waals surface area contributed by atoms with Gasteiger partial charge in [0.25, 0.3) is 0 Å². The predicted molar refractivity (Wildman–Crippen MR) is 40.1 cm³/mol. The van der Waals surface area contributed by atoms with Crippen molar-refractivity contribution in [1.82, 2.24) is 4.90 Å². The summed E-state index contributed by atoms with van der Waals surface area (Å²) in [6, 6.07) is 0. The van der Waals surface area contributed by atoms with Crippen molar-refractivity contribution >= 4 is 12.4 Å². The van der Waals surface area contributed by atoms with Gasteiger partial charge in [0.2, 0.25) is 6.41 Å². The van der Waals surface area contributed by atoms with Crippen LogP contribution < -0.4 is 0 Å². The summed E-state index contributed by atoms with van der Waals surface area (Å²) in [4.78, 5) is 21.6. The van der Waals surface area contributed by atoms with E-state index in [4.69, 9.17) is 5.11 Å². The van der Waals surface area contributed by atoms with Crippen molar-refractivity contribution in [2.24, 2.45) is 0 Å². The van der Waals surface area contributed by atoms with Crippen LogP contribution in [0.15, 0.2) is 12.2 Å². The molecule has 0 saturated heterocycles. The number of aliphatic carboxylic acids is 1. The molecule has 0 bridgehead atoms. The molecule has 1 amide bonds. The van der Waals surface area contributed by atoms with Crippen LogP contribution in [0.3, 0.4) is 0 Å². The Kier molecular flexibility index (Phi) is 3.95. The number of carbonyl (C=O) groups excluding carboxylic acids is 1. The molecule has 0 aromatic heterocycles. The summed E-state index contributed by atoms with van der Waals surface area (Å²) in [7, 11) is 1.59. The van der Waals surface area contributed by atoms with Crippen LogP contribution in [-0.2, 0) is 9.59 Å². The van der Waals surface area contributed by atoms with Gasteiger partial charge in [0.1, 0.15) is 0 Å². The van der Waals surface area contributed by atoms with Gasteiger partial charge in [-0.2, -0.15) is 0 Å². The van der Waals surface area contributed by atoms with E-state index in [-0.39, 0.29) is 5.57 Å². The molecule has 4 nitrogen and oxygen atoms in total. The average molecular weight is 157 g/mol. The minimum absolute atomic E-state index is 0.124. The first kappa shape index (κ1) is 9.68. The Morgan fingerprint density at radius 2 is 2.27 bits per heavy atom. The normalized spacial score (nSPS) is 8.82. The van der Waals surface area contributed by atoms with E-state index in [0.717, 1.165) is 0 Å². The zero-order valence-corrected chi connectivity index (χ0v) is 6.41. The SMILES string of the molecule is C=C(CCN(C)C=O)C(=O)O. The number of carboxylic acids is 1. The Hall–Kier alpha value is -1.32. The standard InChI is InChI=1S/C7H11NO3/c1-6(7(10)11)3-4-8(2)5-9/h5H,1,3-4H2,2H3,(H,10,11). The number of hydrogen-bond acceptors (Lipinski definition) is 2. The summed E-state index contributed by atoms with van der Waals surface area (Å²) in [5.74, 6) is -1.01. The molecule has 0 radical (unpaired) electrons. The summed E-state index contributed by atoms with van der Waals surface area (Å²) in [6.45, 7) is 3.72. The van der Waals surface area contributed by atoms with Crippen LogP contribution >= 0.6 is 0 Å². The minimum atomic E-state index is -1.01. The van der Waals surface area contributed by atoms with Gasteiger partial charge in [-0.15, -0.1) is 0 Å². The Morgan fingerprint density at radius 3 is 2.64 bits per heavy atom. The fourth-order valence-corrected chi connectivity index (χ4v) is 0.471. The van der Waals surface area contributed by atoms with E-state index in [9.17, 15) is 9.59 Å². The first-order valence-corrected chi connectivity index (χ1v) is 3.14. The van der Waals surface area contributed by atoms with Crippen molar-refractivity contribution in [3.8, 4) is 0 Å². The molecule has 1 N–H and O–H groups in total. The fourth-order valence-electron chi connectivity index (χ4n) is 0.471. The summed E-state index contributed by atoms with van der Waals surface area (Å²) in [5.41, 5.74) is 0.124. The lowest BCUT2D eigenvalue weighted by molar-refractivity contribution is -0.133. The van der Waals surface area contributed by atoms with Crippen LogP contribution in [0.5, 0.6) is 0 Å². The summed E-state index contributed by atoms with van der Waals surface area (Å²) in [6.07, 6.45) is 0.958. The molecule has 0 heterocycles. The van der Waals surface area contributed by atoms with Gasteiger partial charge < -0.3 is 10.0 Å². The highest BCUT2D eigenvalue weighted by atomic mass is 16.4. The Morgan fingerprint density at radius 1 is 1.73 bits per heavy atom. The molecule has 0 fully saturated rings. The molecule has 62 valence electrons. The van der Waals surface area contributed by atoms with Crippen LogP contribution in [0.25, 0.3) is 0 Å². The Labute approximate surface area is 65.1 Å². The zero-order valence-electron chi connectivity index (χ0n) is 6.41. The van der Waals surface area contributed by atoms with Gasteiger partial charge >= 0.3 is 5.97 Å². The Bertz CT molecular complexity index is 177. The Balaban J connectivity index is 3.62.